The number of carbonyl (C=O) groups excluding carboxylic acids is 1. The van der Waals surface area contributed by atoms with Gasteiger partial charge >= 0.3 is 5.97 Å². The third-order valence-electron chi connectivity index (χ3n) is 4.05. The first kappa shape index (κ1) is 18.3. The molecule has 0 saturated carbocycles. The third-order valence-corrected chi connectivity index (χ3v) is 4.05. The van der Waals surface area contributed by atoms with Crippen LogP contribution in [0.1, 0.15) is 22.8 Å². The zero-order chi connectivity index (χ0) is 19.1. The van der Waals surface area contributed by atoms with Crippen LogP contribution >= 0.6 is 0 Å². The van der Waals surface area contributed by atoms with Crippen molar-refractivity contribution in [3.8, 4) is 11.5 Å². The second-order valence-electron chi connectivity index (χ2n) is 5.90. The third kappa shape index (κ3) is 4.76. The molecule has 0 aromatic heterocycles. The molecule has 0 unspecified atom stereocenters. The molecule has 27 heavy (non-hydrogen) atoms. The van der Waals surface area contributed by atoms with E-state index in [-0.39, 0.29) is 5.75 Å². The zero-order valence-corrected chi connectivity index (χ0v) is 14.9. The van der Waals surface area contributed by atoms with Crippen LogP contribution in [-0.2, 0) is 9.53 Å². The Hall–Kier alpha value is -3.53. The molecule has 0 spiro atoms. The lowest BCUT2D eigenvalue weighted by molar-refractivity contribution is -0.141. The van der Waals surface area contributed by atoms with Gasteiger partial charge in [0.25, 0.3) is 0 Å². The summed E-state index contributed by atoms with van der Waals surface area (Å²) in [6.45, 7) is 0. The fourth-order valence-corrected chi connectivity index (χ4v) is 2.70. The van der Waals surface area contributed by atoms with Crippen molar-refractivity contribution in [2.45, 2.75) is 6.10 Å². The minimum atomic E-state index is -0.487. The van der Waals surface area contributed by atoms with E-state index in [1.807, 2.05) is 60.7 Å². The van der Waals surface area contributed by atoms with Gasteiger partial charge in [-0.3, -0.25) is 0 Å². The van der Waals surface area contributed by atoms with E-state index in [0.717, 1.165) is 16.7 Å². The largest absolute Gasteiger partial charge is 0.504 e. The average Bonchev–Trinajstić information content (AvgIpc) is 2.72. The molecule has 0 aliphatic heterocycles. The number of aromatic hydroxyl groups is 1. The minimum absolute atomic E-state index is 0.0467. The van der Waals surface area contributed by atoms with E-state index in [2.05, 4.69) is 0 Å². The molecule has 0 heterocycles. The number of phenols is 1. The summed E-state index contributed by atoms with van der Waals surface area (Å²) in [6, 6.07) is 24.1. The molecule has 0 bridgehead atoms. The highest BCUT2D eigenvalue weighted by molar-refractivity contribution is 5.87. The highest BCUT2D eigenvalue weighted by Gasteiger charge is 2.17. The Morgan fingerprint density at radius 1 is 0.926 bits per heavy atom. The van der Waals surface area contributed by atoms with Crippen molar-refractivity contribution in [1.29, 1.82) is 0 Å². The summed E-state index contributed by atoms with van der Waals surface area (Å²) >= 11 is 0. The first-order valence-electron chi connectivity index (χ1n) is 8.53. The Kier molecular flexibility index (Phi) is 5.90. The molecule has 3 rings (SSSR count). The molecule has 0 aliphatic carbocycles. The highest BCUT2D eigenvalue weighted by atomic mass is 16.5. The van der Waals surface area contributed by atoms with Crippen molar-refractivity contribution >= 4 is 12.0 Å². The molecule has 0 fully saturated rings. The summed E-state index contributed by atoms with van der Waals surface area (Å²) < 4.78 is 10.8. The Morgan fingerprint density at radius 3 is 2.07 bits per heavy atom. The van der Waals surface area contributed by atoms with Crippen molar-refractivity contribution in [1.82, 2.24) is 0 Å². The van der Waals surface area contributed by atoms with Crippen molar-refractivity contribution in [3.63, 3.8) is 0 Å². The van der Waals surface area contributed by atoms with Gasteiger partial charge in [-0.1, -0.05) is 66.7 Å². The maximum atomic E-state index is 12.4. The molecule has 4 nitrogen and oxygen atoms in total. The van der Waals surface area contributed by atoms with Crippen LogP contribution in [0.3, 0.4) is 0 Å². The van der Waals surface area contributed by atoms with Gasteiger partial charge in [-0.25, -0.2) is 4.79 Å². The van der Waals surface area contributed by atoms with Crippen LogP contribution < -0.4 is 4.74 Å². The number of esters is 1. The first-order chi connectivity index (χ1) is 13.2. The molecular weight excluding hydrogens is 340 g/mol. The van der Waals surface area contributed by atoms with Crippen LogP contribution in [0.15, 0.2) is 84.9 Å². The first-order valence-corrected chi connectivity index (χ1v) is 8.53. The van der Waals surface area contributed by atoms with Crippen LogP contribution in [0.2, 0.25) is 0 Å². The van der Waals surface area contributed by atoms with Crippen LogP contribution in [0.5, 0.6) is 11.5 Å². The SMILES string of the molecule is COc1cc(C=CC(=O)OC(c2ccccc2)c2ccccc2)ccc1O. The smallest absolute Gasteiger partial charge is 0.331 e. The van der Waals surface area contributed by atoms with Gasteiger partial charge in [0.2, 0.25) is 0 Å². The molecular formula is C23H20O4. The number of hydrogen-bond donors (Lipinski definition) is 1. The zero-order valence-electron chi connectivity index (χ0n) is 14.9. The second-order valence-corrected chi connectivity index (χ2v) is 5.90. The van der Waals surface area contributed by atoms with E-state index in [1.165, 1.54) is 19.3 Å². The maximum Gasteiger partial charge on any atom is 0.331 e. The van der Waals surface area contributed by atoms with Gasteiger partial charge in [-0.05, 0) is 34.9 Å². The Morgan fingerprint density at radius 2 is 1.52 bits per heavy atom. The summed E-state index contributed by atoms with van der Waals surface area (Å²) in [5.74, 6) is -0.0674. The molecule has 0 aliphatic rings. The predicted molar refractivity (Wildman–Crippen MR) is 105 cm³/mol. The van der Waals surface area contributed by atoms with Crippen LogP contribution in [0, 0.1) is 0 Å². The summed E-state index contributed by atoms with van der Waals surface area (Å²) in [7, 11) is 1.47. The van der Waals surface area contributed by atoms with Gasteiger partial charge in [0.15, 0.2) is 17.6 Å². The molecule has 4 heteroatoms. The van der Waals surface area contributed by atoms with Crippen LogP contribution in [0.4, 0.5) is 0 Å². The number of ether oxygens (including phenoxy) is 2. The standard InChI is InChI=1S/C23H20O4/c1-26-21-16-17(12-14-20(21)24)13-15-22(25)27-23(18-8-4-2-5-9-18)19-10-6-3-7-11-19/h2-16,23-24H,1H3. The van der Waals surface area contributed by atoms with Crippen LogP contribution in [-0.4, -0.2) is 18.2 Å². The number of phenolic OH excluding ortho intramolecular Hbond substituents is 1. The Balaban J connectivity index is 1.79. The Bertz CT molecular complexity index is 878. The molecule has 0 atom stereocenters. The lowest BCUT2D eigenvalue weighted by Gasteiger charge is -2.18. The summed E-state index contributed by atoms with van der Waals surface area (Å²) in [5, 5.41) is 9.64. The van der Waals surface area contributed by atoms with Gasteiger partial charge in [0.1, 0.15) is 0 Å². The van der Waals surface area contributed by atoms with E-state index in [9.17, 15) is 9.90 Å². The van der Waals surface area contributed by atoms with Crippen molar-refractivity contribution < 1.29 is 19.4 Å². The average molecular weight is 360 g/mol. The molecule has 3 aromatic carbocycles. The van der Waals surface area contributed by atoms with E-state index in [0.29, 0.717) is 5.75 Å². The number of carbonyl (C=O) groups is 1. The Labute approximate surface area is 158 Å². The highest BCUT2D eigenvalue weighted by Crippen LogP contribution is 2.28. The molecule has 136 valence electrons. The van der Waals surface area contributed by atoms with E-state index in [4.69, 9.17) is 9.47 Å². The second kappa shape index (κ2) is 8.72. The predicted octanol–water partition coefficient (Wildman–Crippen LogP) is 4.75. The summed E-state index contributed by atoms with van der Waals surface area (Å²) in [5.41, 5.74) is 2.52. The molecule has 0 saturated heterocycles. The fourth-order valence-electron chi connectivity index (χ4n) is 2.70. The van der Waals surface area contributed by atoms with Crippen molar-refractivity contribution in [2.24, 2.45) is 0 Å². The number of benzene rings is 3. The van der Waals surface area contributed by atoms with E-state index >= 15 is 0 Å². The van der Waals surface area contributed by atoms with Crippen molar-refractivity contribution in [2.75, 3.05) is 7.11 Å². The quantitative estimate of drug-likeness (QED) is 0.509. The van der Waals surface area contributed by atoms with E-state index < -0.39 is 12.1 Å². The molecule has 1 N–H and O–H groups in total. The van der Waals surface area contributed by atoms with E-state index in [1.54, 1.807) is 18.2 Å². The molecule has 0 radical (unpaired) electrons. The normalized spacial score (nSPS) is 10.9. The van der Waals surface area contributed by atoms with Gasteiger partial charge < -0.3 is 14.6 Å². The van der Waals surface area contributed by atoms with Gasteiger partial charge in [0.05, 0.1) is 7.11 Å². The molecule has 3 aromatic rings. The number of methoxy groups -OCH3 is 1. The lowest BCUT2D eigenvalue weighted by Crippen LogP contribution is -2.10. The van der Waals surface area contributed by atoms with Gasteiger partial charge in [-0.15, -0.1) is 0 Å². The van der Waals surface area contributed by atoms with Crippen LogP contribution in [0.25, 0.3) is 6.08 Å². The van der Waals surface area contributed by atoms with Gasteiger partial charge in [-0.2, -0.15) is 0 Å². The minimum Gasteiger partial charge on any atom is -0.504 e. The lowest BCUT2D eigenvalue weighted by atomic mass is 10.0. The molecule has 0 amide bonds. The van der Waals surface area contributed by atoms with Gasteiger partial charge in [0, 0.05) is 6.08 Å². The maximum absolute atomic E-state index is 12.4. The summed E-state index contributed by atoms with van der Waals surface area (Å²) in [4.78, 5) is 12.4. The fraction of sp³-hybridized carbons (Fsp3) is 0.0870. The van der Waals surface area contributed by atoms with Crippen molar-refractivity contribution in [3.05, 3.63) is 102 Å². The summed E-state index contributed by atoms with van der Waals surface area (Å²) in [6.07, 6.45) is 2.50. The number of rotatable bonds is 6. The topological polar surface area (TPSA) is 55.8 Å². The number of hydrogen-bond acceptors (Lipinski definition) is 4. The monoisotopic (exact) mass is 360 g/mol.